The van der Waals surface area contributed by atoms with Crippen molar-refractivity contribution < 1.29 is 29.0 Å². The summed E-state index contributed by atoms with van der Waals surface area (Å²) >= 11 is 6.11. The van der Waals surface area contributed by atoms with E-state index in [9.17, 15) is 14.4 Å². The molecule has 7 nitrogen and oxygen atoms in total. The topological polar surface area (TPSA) is 93.1 Å². The number of carbonyl (C=O) groups excluding carboxylic acids is 2. The van der Waals surface area contributed by atoms with Crippen LogP contribution in [0.2, 0.25) is 0 Å². The van der Waals surface area contributed by atoms with Crippen molar-refractivity contribution in [3.63, 3.8) is 0 Å². The molecule has 9 heteroatoms. The van der Waals surface area contributed by atoms with Crippen molar-refractivity contribution in [3.05, 3.63) is 64.1 Å². The van der Waals surface area contributed by atoms with Gasteiger partial charge in [-0.15, -0.1) is 0 Å². The molecule has 0 atom stereocenters. The molecule has 1 fully saturated rings. The number of aliphatic carboxylic acids is 1. The van der Waals surface area contributed by atoms with Gasteiger partial charge in [-0.25, -0.2) is 4.79 Å². The Morgan fingerprint density at radius 3 is 2.63 bits per heavy atom. The van der Waals surface area contributed by atoms with Crippen molar-refractivity contribution in [3.8, 4) is 11.5 Å². The molecule has 154 valence electrons. The minimum Gasteiger partial charge on any atom is -0.493 e. The summed E-state index contributed by atoms with van der Waals surface area (Å²) in [4.78, 5) is 37.0. The van der Waals surface area contributed by atoms with E-state index in [1.807, 2.05) is 13.0 Å². The number of hydrogen-bond donors (Lipinski definition) is 1. The molecule has 2 aromatic rings. The zero-order chi connectivity index (χ0) is 21.8. The Morgan fingerprint density at radius 1 is 1.20 bits per heavy atom. The van der Waals surface area contributed by atoms with Crippen LogP contribution in [0.5, 0.6) is 11.5 Å². The quantitative estimate of drug-likeness (QED) is 0.314. The lowest BCUT2D eigenvalue weighted by Gasteiger charge is -2.11. The molecule has 0 radical (unpaired) electrons. The van der Waals surface area contributed by atoms with Gasteiger partial charge >= 0.3 is 11.9 Å². The van der Waals surface area contributed by atoms with Crippen molar-refractivity contribution in [2.24, 2.45) is 0 Å². The molecule has 1 heterocycles. The van der Waals surface area contributed by atoms with E-state index >= 15 is 0 Å². The number of ether oxygens (including phenoxy) is 2. The fourth-order valence-electron chi connectivity index (χ4n) is 2.71. The normalized spacial score (nSPS) is 14.9. The molecule has 2 aromatic carbocycles. The number of aryl methyl sites for hydroxylation is 1. The first kappa shape index (κ1) is 21.5. The van der Waals surface area contributed by atoms with Gasteiger partial charge in [0.25, 0.3) is 5.91 Å². The molecule has 1 aliphatic rings. The third kappa shape index (κ3) is 4.87. The highest BCUT2D eigenvalue weighted by molar-refractivity contribution is 8.26. The minimum atomic E-state index is -1.14. The van der Waals surface area contributed by atoms with E-state index < -0.39 is 24.4 Å². The first-order chi connectivity index (χ1) is 14.3. The second kappa shape index (κ2) is 9.10. The molecule has 0 aromatic heterocycles. The SMILES string of the molecule is COc1cc(/C=C2\SC(=S)N(CC(=O)O)C2=O)ccc1OC(=O)c1cccc(C)c1. The van der Waals surface area contributed by atoms with Gasteiger partial charge in [-0.05, 0) is 42.8 Å². The highest BCUT2D eigenvalue weighted by atomic mass is 32.2. The van der Waals surface area contributed by atoms with Gasteiger partial charge in [-0.1, -0.05) is 47.7 Å². The molecule has 0 bridgehead atoms. The van der Waals surface area contributed by atoms with Crippen molar-refractivity contribution in [2.75, 3.05) is 13.7 Å². The minimum absolute atomic E-state index is 0.185. The van der Waals surface area contributed by atoms with Crippen LogP contribution >= 0.6 is 24.0 Å². The zero-order valence-electron chi connectivity index (χ0n) is 16.1. The number of nitrogens with zero attached hydrogens (tertiary/aromatic N) is 1. The monoisotopic (exact) mass is 443 g/mol. The Balaban J connectivity index is 1.81. The third-order valence-corrected chi connectivity index (χ3v) is 5.49. The lowest BCUT2D eigenvalue weighted by Crippen LogP contribution is -2.33. The molecule has 1 aliphatic heterocycles. The van der Waals surface area contributed by atoms with Gasteiger partial charge in [-0.2, -0.15) is 0 Å². The smallest absolute Gasteiger partial charge is 0.343 e. The van der Waals surface area contributed by atoms with Crippen molar-refractivity contribution in [2.45, 2.75) is 6.92 Å². The second-order valence-electron chi connectivity index (χ2n) is 6.33. The van der Waals surface area contributed by atoms with Crippen molar-refractivity contribution in [1.82, 2.24) is 4.90 Å². The number of hydrogen-bond acceptors (Lipinski definition) is 7. The summed E-state index contributed by atoms with van der Waals surface area (Å²) in [5.74, 6) is -1.58. The first-order valence-electron chi connectivity index (χ1n) is 8.72. The highest BCUT2D eigenvalue weighted by Crippen LogP contribution is 2.34. The number of methoxy groups -OCH3 is 1. The van der Waals surface area contributed by atoms with Crippen LogP contribution < -0.4 is 9.47 Å². The average molecular weight is 444 g/mol. The summed E-state index contributed by atoms with van der Waals surface area (Å²) in [5, 5.41) is 8.91. The van der Waals surface area contributed by atoms with E-state index in [4.69, 9.17) is 26.8 Å². The number of carboxylic acid groups (broad SMARTS) is 1. The Kier molecular flexibility index (Phi) is 6.53. The average Bonchev–Trinajstić information content (AvgIpc) is 2.96. The van der Waals surface area contributed by atoms with E-state index in [1.165, 1.54) is 7.11 Å². The Morgan fingerprint density at radius 2 is 1.97 bits per heavy atom. The van der Waals surface area contributed by atoms with Crippen LogP contribution in [0, 0.1) is 6.92 Å². The summed E-state index contributed by atoms with van der Waals surface area (Å²) in [6.45, 7) is 1.39. The summed E-state index contributed by atoms with van der Waals surface area (Å²) in [7, 11) is 1.44. The van der Waals surface area contributed by atoms with Crippen LogP contribution in [0.15, 0.2) is 47.4 Å². The van der Waals surface area contributed by atoms with Gasteiger partial charge in [0.1, 0.15) is 10.9 Å². The first-order valence-corrected chi connectivity index (χ1v) is 9.95. The maximum atomic E-state index is 12.4. The maximum absolute atomic E-state index is 12.4. The number of rotatable bonds is 6. The summed E-state index contributed by atoms with van der Waals surface area (Å²) in [6, 6.07) is 11.9. The van der Waals surface area contributed by atoms with Crippen molar-refractivity contribution >= 4 is 52.2 Å². The van der Waals surface area contributed by atoms with Crippen LogP contribution in [0.4, 0.5) is 0 Å². The Bertz CT molecular complexity index is 1080. The number of thiocarbonyl (C=S) groups is 1. The van der Waals surface area contributed by atoms with Crippen LogP contribution in [0.1, 0.15) is 21.5 Å². The molecular formula is C21H17NO6S2. The number of amides is 1. The summed E-state index contributed by atoms with van der Waals surface area (Å²) in [5.41, 5.74) is 1.97. The molecule has 1 saturated heterocycles. The number of carbonyl (C=O) groups is 3. The van der Waals surface area contributed by atoms with E-state index in [0.717, 1.165) is 22.2 Å². The van der Waals surface area contributed by atoms with Crippen molar-refractivity contribution in [1.29, 1.82) is 0 Å². The molecule has 1 N–H and O–H groups in total. The molecule has 0 saturated carbocycles. The summed E-state index contributed by atoms with van der Waals surface area (Å²) in [6.07, 6.45) is 1.58. The predicted octanol–water partition coefficient (Wildman–Crippen LogP) is 3.51. The molecule has 0 aliphatic carbocycles. The van der Waals surface area contributed by atoms with E-state index in [2.05, 4.69) is 0 Å². The summed E-state index contributed by atoms with van der Waals surface area (Å²) < 4.78 is 11.0. The lowest BCUT2D eigenvalue weighted by atomic mass is 10.1. The number of esters is 1. The standard InChI is InChI=1S/C21H17NO6S2/c1-12-4-3-5-14(8-12)20(26)28-15-7-6-13(9-16(15)27-2)10-17-19(25)22(11-18(23)24)21(29)30-17/h3-10H,11H2,1-2H3,(H,23,24)/b17-10-. The van der Waals surface area contributed by atoms with Gasteiger partial charge in [-0.3, -0.25) is 14.5 Å². The molecule has 1 amide bonds. The predicted molar refractivity (Wildman–Crippen MR) is 117 cm³/mol. The number of thioether (sulfide) groups is 1. The Hall–Kier alpha value is -3.17. The molecule has 3 rings (SSSR count). The molecule has 0 spiro atoms. The van der Waals surface area contributed by atoms with Crippen LogP contribution in [0.3, 0.4) is 0 Å². The molecule has 0 unspecified atom stereocenters. The highest BCUT2D eigenvalue weighted by Gasteiger charge is 2.33. The van der Waals surface area contributed by atoms with Gasteiger partial charge < -0.3 is 14.6 Å². The third-order valence-electron chi connectivity index (χ3n) is 4.11. The maximum Gasteiger partial charge on any atom is 0.343 e. The molecule has 30 heavy (non-hydrogen) atoms. The Labute approximate surface area is 182 Å². The van der Waals surface area contributed by atoms with Crippen LogP contribution in [0.25, 0.3) is 6.08 Å². The van der Waals surface area contributed by atoms with E-state index in [0.29, 0.717) is 21.8 Å². The number of carboxylic acids is 1. The van der Waals surface area contributed by atoms with Crippen LogP contribution in [-0.2, 0) is 9.59 Å². The lowest BCUT2D eigenvalue weighted by molar-refractivity contribution is -0.140. The van der Waals surface area contributed by atoms with Gasteiger partial charge in [0.2, 0.25) is 0 Å². The molecular weight excluding hydrogens is 426 g/mol. The fraction of sp³-hybridized carbons (Fsp3) is 0.143. The van der Waals surface area contributed by atoms with Gasteiger partial charge in [0.15, 0.2) is 11.5 Å². The zero-order valence-corrected chi connectivity index (χ0v) is 17.7. The fourth-order valence-corrected chi connectivity index (χ4v) is 3.97. The number of benzene rings is 2. The van der Waals surface area contributed by atoms with Crippen LogP contribution in [-0.4, -0.2) is 45.8 Å². The van der Waals surface area contributed by atoms with Gasteiger partial charge in [0.05, 0.1) is 17.6 Å². The van der Waals surface area contributed by atoms with E-state index in [-0.39, 0.29) is 10.1 Å². The van der Waals surface area contributed by atoms with Gasteiger partial charge in [0, 0.05) is 0 Å². The van der Waals surface area contributed by atoms with E-state index in [1.54, 1.807) is 42.5 Å². The largest absolute Gasteiger partial charge is 0.493 e. The second-order valence-corrected chi connectivity index (χ2v) is 8.01.